The van der Waals surface area contributed by atoms with Crippen LogP contribution in [0.15, 0.2) is 71.6 Å². The van der Waals surface area contributed by atoms with E-state index in [0.29, 0.717) is 17.7 Å². The summed E-state index contributed by atoms with van der Waals surface area (Å²) in [6.45, 7) is 0.507. The molecule has 0 saturated carbocycles. The smallest absolute Gasteiger partial charge is 0.261 e. The highest BCUT2D eigenvalue weighted by molar-refractivity contribution is 7.99. The van der Waals surface area contributed by atoms with Crippen LogP contribution in [0, 0.1) is 0 Å². The molecule has 0 N–H and O–H groups in total. The van der Waals surface area contributed by atoms with Crippen molar-refractivity contribution < 1.29 is 9.59 Å². The molecular weight excluding hydrogens is 354 g/mol. The van der Waals surface area contributed by atoms with Crippen molar-refractivity contribution in [3.8, 4) is 0 Å². The first kappa shape index (κ1) is 17.8. The zero-order valence-corrected chi connectivity index (χ0v) is 15.9. The van der Waals surface area contributed by atoms with Gasteiger partial charge in [-0.1, -0.05) is 48.9 Å². The van der Waals surface area contributed by atoms with Crippen molar-refractivity contribution in [2.24, 2.45) is 0 Å². The second-order valence-corrected chi connectivity index (χ2v) is 7.89. The molecule has 2 amide bonds. The number of imide groups is 1. The lowest BCUT2D eigenvalue weighted by atomic mass is 10.1. The molecule has 0 saturated heterocycles. The normalized spacial score (nSPS) is 13.4. The Morgan fingerprint density at radius 3 is 2.11 bits per heavy atom. The molecule has 0 fully saturated rings. The van der Waals surface area contributed by atoms with E-state index in [0.717, 1.165) is 25.0 Å². The van der Waals surface area contributed by atoms with Crippen molar-refractivity contribution >= 4 is 34.3 Å². The van der Waals surface area contributed by atoms with Crippen LogP contribution in [0.3, 0.4) is 0 Å². The summed E-state index contributed by atoms with van der Waals surface area (Å²) in [5, 5.41) is 2.54. The molecule has 4 heteroatoms. The average Bonchev–Trinajstić information content (AvgIpc) is 2.95. The minimum atomic E-state index is -0.152. The summed E-state index contributed by atoms with van der Waals surface area (Å²) >= 11 is 1.86. The highest BCUT2D eigenvalue weighted by atomic mass is 32.2. The van der Waals surface area contributed by atoms with Gasteiger partial charge in [-0.15, -0.1) is 11.8 Å². The summed E-state index contributed by atoms with van der Waals surface area (Å²) in [6.07, 6.45) is 2.93. The van der Waals surface area contributed by atoms with Crippen LogP contribution < -0.4 is 0 Å². The molecule has 4 rings (SSSR count). The van der Waals surface area contributed by atoms with E-state index in [4.69, 9.17) is 0 Å². The highest BCUT2D eigenvalue weighted by Gasteiger charge is 2.34. The maximum Gasteiger partial charge on any atom is 0.261 e. The molecule has 3 aromatic carbocycles. The van der Waals surface area contributed by atoms with Gasteiger partial charge in [0.05, 0.1) is 11.1 Å². The van der Waals surface area contributed by atoms with E-state index < -0.39 is 0 Å². The third kappa shape index (κ3) is 3.76. The standard InChI is InChI=1S/C23H21NO2S/c25-22-20-10-4-5-11-21(20)23(26)24(22)14-6-1-7-15-27-19-13-12-17-8-2-3-9-18(17)16-19/h2-5,8-13,16H,1,6-7,14-15H2. The number of rotatable bonds is 7. The van der Waals surface area contributed by atoms with Crippen molar-refractivity contribution in [1.82, 2.24) is 4.90 Å². The second-order valence-electron chi connectivity index (χ2n) is 6.73. The lowest BCUT2D eigenvalue weighted by Crippen LogP contribution is -2.30. The van der Waals surface area contributed by atoms with Crippen molar-refractivity contribution in [1.29, 1.82) is 0 Å². The number of nitrogens with zero attached hydrogens (tertiary/aromatic N) is 1. The van der Waals surface area contributed by atoms with Crippen LogP contribution >= 0.6 is 11.8 Å². The van der Waals surface area contributed by atoms with Crippen molar-refractivity contribution in [2.75, 3.05) is 12.3 Å². The van der Waals surface area contributed by atoms with Gasteiger partial charge in [0.25, 0.3) is 11.8 Å². The molecule has 0 unspecified atom stereocenters. The van der Waals surface area contributed by atoms with Crippen LogP contribution in [0.25, 0.3) is 10.8 Å². The molecule has 0 aromatic heterocycles. The third-order valence-electron chi connectivity index (χ3n) is 4.89. The van der Waals surface area contributed by atoms with E-state index in [1.54, 1.807) is 24.3 Å². The van der Waals surface area contributed by atoms with Gasteiger partial charge < -0.3 is 0 Å². The Hall–Kier alpha value is -2.59. The molecule has 3 nitrogen and oxygen atoms in total. The maximum absolute atomic E-state index is 12.3. The van der Waals surface area contributed by atoms with Gasteiger partial charge in [0, 0.05) is 11.4 Å². The summed E-state index contributed by atoms with van der Waals surface area (Å²) in [4.78, 5) is 27.3. The second kappa shape index (κ2) is 7.97. The van der Waals surface area contributed by atoms with Crippen LogP contribution in [0.1, 0.15) is 40.0 Å². The number of hydrogen-bond acceptors (Lipinski definition) is 3. The number of thioether (sulfide) groups is 1. The van der Waals surface area contributed by atoms with Crippen molar-refractivity contribution in [3.63, 3.8) is 0 Å². The maximum atomic E-state index is 12.3. The van der Waals surface area contributed by atoms with Gasteiger partial charge >= 0.3 is 0 Å². The molecule has 27 heavy (non-hydrogen) atoms. The zero-order chi connectivity index (χ0) is 18.6. The van der Waals surface area contributed by atoms with Crippen LogP contribution in [0.2, 0.25) is 0 Å². The fourth-order valence-corrected chi connectivity index (χ4v) is 4.40. The Balaban J connectivity index is 1.22. The molecule has 1 heterocycles. The number of unbranched alkanes of at least 4 members (excludes halogenated alkanes) is 2. The van der Waals surface area contributed by atoms with E-state index in [2.05, 4.69) is 42.5 Å². The number of hydrogen-bond donors (Lipinski definition) is 0. The monoisotopic (exact) mass is 375 g/mol. The predicted molar refractivity (Wildman–Crippen MR) is 110 cm³/mol. The predicted octanol–water partition coefficient (Wildman–Crippen LogP) is 5.40. The van der Waals surface area contributed by atoms with E-state index in [1.807, 2.05) is 11.8 Å². The molecule has 1 aliphatic rings. The molecule has 1 aliphatic heterocycles. The molecular formula is C23H21NO2S. The molecule has 0 aliphatic carbocycles. The first-order chi connectivity index (χ1) is 13.2. The Labute approximate surface area is 163 Å². The van der Waals surface area contributed by atoms with Gasteiger partial charge in [0.2, 0.25) is 0 Å². The van der Waals surface area contributed by atoms with Crippen LogP contribution in [-0.4, -0.2) is 29.0 Å². The van der Waals surface area contributed by atoms with E-state index in [9.17, 15) is 9.59 Å². The molecule has 0 atom stereocenters. The van der Waals surface area contributed by atoms with Gasteiger partial charge in [-0.05, 0) is 53.6 Å². The Morgan fingerprint density at radius 2 is 1.37 bits per heavy atom. The van der Waals surface area contributed by atoms with Crippen LogP contribution in [0.4, 0.5) is 0 Å². The van der Waals surface area contributed by atoms with E-state index >= 15 is 0 Å². The van der Waals surface area contributed by atoms with Gasteiger partial charge in [0.1, 0.15) is 0 Å². The molecule has 0 spiro atoms. The zero-order valence-electron chi connectivity index (χ0n) is 15.1. The summed E-state index contributed by atoms with van der Waals surface area (Å²) in [7, 11) is 0. The van der Waals surface area contributed by atoms with Gasteiger partial charge in [-0.3, -0.25) is 14.5 Å². The van der Waals surface area contributed by atoms with Crippen molar-refractivity contribution in [3.05, 3.63) is 77.9 Å². The minimum absolute atomic E-state index is 0.152. The molecule has 3 aromatic rings. The lowest BCUT2D eigenvalue weighted by molar-refractivity contribution is 0.0651. The average molecular weight is 375 g/mol. The number of carbonyl (C=O) groups is 2. The number of benzene rings is 3. The summed E-state index contributed by atoms with van der Waals surface area (Å²) in [6, 6.07) is 22.0. The highest BCUT2D eigenvalue weighted by Crippen LogP contribution is 2.25. The molecule has 0 bridgehead atoms. The number of amides is 2. The summed E-state index contributed by atoms with van der Waals surface area (Å²) in [5.41, 5.74) is 1.07. The quantitative estimate of drug-likeness (QED) is 0.315. The van der Waals surface area contributed by atoms with Gasteiger partial charge in [-0.2, -0.15) is 0 Å². The number of fused-ring (bicyclic) bond motifs is 2. The Morgan fingerprint density at radius 1 is 0.704 bits per heavy atom. The summed E-state index contributed by atoms with van der Waals surface area (Å²) in [5.74, 6) is 0.739. The van der Waals surface area contributed by atoms with E-state index in [-0.39, 0.29) is 11.8 Å². The molecule has 0 radical (unpaired) electrons. The van der Waals surface area contributed by atoms with Gasteiger partial charge in [0.15, 0.2) is 0 Å². The summed E-state index contributed by atoms with van der Waals surface area (Å²) < 4.78 is 0. The fourth-order valence-electron chi connectivity index (χ4n) is 3.44. The third-order valence-corrected chi connectivity index (χ3v) is 5.97. The largest absolute Gasteiger partial charge is 0.274 e. The Bertz CT molecular complexity index is 963. The van der Waals surface area contributed by atoms with Crippen LogP contribution in [-0.2, 0) is 0 Å². The molecule has 136 valence electrons. The fraction of sp³-hybridized carbons (Fsp3) is 0.217. The van der Waals surface area contributed by atoms with Crippen LogP contribution in [0.5, 0.6) is 0 Å². The van der Waals surface area contributed by atoms with E-state index in [1.165, 1.54) is 20.6 Å². The SMILES string of the molecule is O=C1c2ccccc2C(=O)N1CCCCCSc1ccc2ccccc2c1. The van der Waals surface area contributed by atoms with Crippen molar-refractivity contribution in [2.45, 2.75) is 24.2 Å². The van der Waals surface area contributed by atoms with Gasteiger partial charge in [-0.25, -0.2) is 0 Å². The topological polar surface area (TPSA) is 37.4 Å². The first-order valence-corrected chi connectivity index (χ1v) is 10.3. The first-order valence-electron chi connectivity index (χ1n) is 9.31. The Kier molecular flexibility index (Phi) is 5.26. The lowest BCUT2D eigenvalue weighted by Gasteiger charge is -2.13. The minimum Gasteiger partial charge on any atom is -0.274 e. The number of carbonyl (C=O) groups excluding carboxylic acids is 2.